The van der Waals surface area contributed by atoms with Crippen molar-refractivity contribution in [2.75, 3.05) is 31.1 Å². The maximum atomic E-state index is 13.1. The number of benzene rings is 1. The quantitative estimate of drug-likeness (QED) is 0.720. The standard InChI is InChI=1S/C19H22FN5O/c1-13-17-18(21-14(2)22-19(17)26-23-13)25-9-3-8-24(10-11-25)12-15-4-6-16(20)7-5-15/h4-7H,3,8-12H2,1-2H3. The minimum atomic E-state index is -0.192. The molecule has 1 saturated heterocycles. The van der Waals surface area contributed by atoms with E-state index >= 15 is 0 Å². The van der Waals surface area contributed by atoms with Gasteiger partial charge in [0.05, 0.1) is 5.69 Å². The van der Waals surface area contributed by atoms with Crippen LogP contribution in [0, 0.1) is 19.7 Å². The maximum Gasteiger partial charge on any atom is 0.263 e. The van der Waals surface area contributed by atoms with Gasteiger partial charge in [-0.05, 0) is 38.0 Å². The van der Waals surface area contributed by atoms with Crippen LogP contribution in [0.4, 0.5) is 10.2 Å². The first-order valence-corrected chi connectivity index (χ1v) is 8.92. The number of halogens is 1. The molecule has 1 fully saturated rings. The average Bonchev–Trinajstić information content (AvgIpc) is 2.85. The molecule has 0 spiro atoms. The normalized spacial score (nSPS) is 16.2. The highest BCUT2D eigenvalue weighted by atomic mass is 19.1. The zero-order chi connectivity index (χ0) is 18.1. The van der Waals surface area contributed by atoms with Crippen LogP contribution in [0.5, 0.6) is 0 Å². The fourth-order valence-electron chi connectivity index (χ4n) is 3.49. The molecule has 0 N–H and O–H groups in total. The number of aryl methyl sites for hydroxylation is 2. The summed E-state index contributed by atoms with van der Waals surface area (Å²) in [6.07, 6.45) is 1.04. The zero-order valence-corrected chi connectivity index (χ0v) is 15.1. The Morgan fingerprint density at radius 2 is 1.85 bits per heavy atom. The molecule has 6 nitrogen and oxygen atoms in total. The van der Waals surface area contributed by atoms with E-state index in [9.17, 15) is 4.39 Å². The Bertz CT molecular complexity index is 908. The van der Waals surface area contributed by atoms with Gasteiger partial charge < -0.3 is 9.42 Å². The molecule has 1 aliphatic rings. The molecule has 3 aromatic rings. The van der Waals surface area contributed by atoms with Crippen LogP contribution in [0.1, 0.15) is 23.5 Å². The highest BCUT2D eigenvalue weighted by Crippen LogP contribution is 2.27. The zero-order valence-electron chi connectivity index (χ0n) is 15.1. The van der Waals surface area contributed by atoms with Crippen LogP contribution in [0.2, 0.25) is 0 Å². The van der Waals surface area contributed by atoms with Crippen molar-refractivity contribution in [1.82, 2.24) is 20.0 Å². The third kappa shape index (κ3) is 3.39. The van der Waals surface area contributed by atoms with Crippen molar-refractivity contribution in [1.29, 1.82) is 0 Å². The summed E-state index contributed by atoms with van der Waals surface area (Å²) >= 11 is 0. The molecule has 26 heavy (non-hydrogen) atoms. The minimum absolute atomic E-state index is 0.192. The lowest BCUT2D eigenvalue weighted by Gasteiger charge is -2.23. The lowest BCUT2D eigenvalue weighted by atomic mass is 10.2. The van der Waals surface area contributed by atoms with Crippen molar-refractivity contribution in [2.24, 2.45) is 0 Å². The van der Waals surface area contributed by atoms with Crippen molar-refractivity contribution >= 4 is 16.9 Å². The van der Waals surface area contributed by atoms with E-state index in [1.807, 2.05) is 26.0 Å². The van der Waals surface area contributed by atoms with Crippen molar-refractivity contribution in [3.05, 3.63) is 47.2 Å². The highest BCUT2D eigenvalue weighted by molar-refractivity contribution is 5.88. The van der Waals surface area contributed by atoms with Crippen LogP contribution in [-0.4, -0.2) is 46.2 Å². The second-order valence-electron chi connectivity index (χ2n) is 6.79. The molecule has 2 aromatic heterocycles. The number of hydrogen-bond donors (Lipinski definition) is 0. The third-order valence-electron chi connectivity index (χ3n) is 4.81. The van der Waals surface area contributed by atoms with Gasteiger partial charge in [-0.15, -0.1) is 0 Å². The molecule has 3 heterocycles. The molecule has 0 bridgehead atoms. The number of nitrogens with zero attached hydrogens (tertiary/aromatic N) is 5. The molecule has 0 aliphatic carbocycles. The van der Waals surface area contributed by atoms with Crippen LogP contribution in [0.15, 0.2) is 28.8 Å². The van der Waals surface area contributed by atoms with E-state index in [2.05, 4.69) is 24.9 Å². The number of aromatic nitrogens is 3. The third-order valence-corrected chi connectivity index (χ3v) is 4.81. The lowest BCUT2D eigenvalue weighted by molar-refractivity contribution is 0.285. The second-order valence-corrected chi connectivity index (χ2v) is 6.79. The van der Waals surface area contributed by atoms with Gasteiger partial charge in [0.15, 0.2) is 0 Å². The summed E-state index contributed by atoms with van der Waals surface area (Å²) in [5.41, 5.74) is 2.51. The summed E-state index contributed by atoms with van der Waals surface area (Å²) in [5, 5.41) is 4.95. The van der Waals surface area contributed by atoms with Gasteiger partial charge in [0.1, 0.15) is 22.8 Å². The average molecular weight is 355 g/mol. The van der Waals surface area contributed by atoms with Crippen LogP contribution in [-0.2, 0) is 6.54 Å². The second kappa shape index (κ2) is 6.99. The van der Waals surface area contributed by atoms with Gasteiger partial charge >= 0.3 is 0 Å². The molecular weight excluding hydrogens is 333 g/mol. The van der Waals surface area contributed by atoms with Crippen molar-refractivity contribution in [2.45, 2.75) is 26.8 Å². The van der Waals surface area contributed by atoms with Crippen LogP contribution in [0.3, 0.4) is 0 Å². The summed E-state index contributed by atoms with van der Waals surface area (Å²) in [4.78, 5) is 13.7. The lowest BCUT2D eigenvalue weighted by Crippen LogP contribution is -2.31. The summed E-state index contributed by atoms with van der Waals surface area (Å²) in [6.45, 7) is 8.36. The largest absolute Gasteiger partial charge is 0.355 e. The van der Waals surface area contributed by atoms with E-state index in [1.165, 1.54) is 12.1 Å². The van der Waals surface area contributed by atoms with Crippen LogP contribution in [0.25, 0.3) is 11.1 Å². The van der Waals surface area contributed by atoms with Gasteiger partial charge in [0.2, 0.25) is 0 Å². The molecule has 0 amide bonds. The number of anilines is 1. The summed E-state index contributed by atoms with van der Waals surface area (Å²) in [6, 6.07) is 6.76. The maximum absolute atomic E-state index is 13.1. The molecule has 136 valence electrons. The van der Waals surface area contributed by atoms with Crippen molar-refractivity contribution in [3.8, 4) is 0 Å². The van der Waals surface area contributed by atoms with Gasteiger partial charge in [-0.1, -0.05) is 17.3 Å². The fourth-order valence-corrected chi connectivity index (χ4v) is 3.49. The Morgan fingerprint density at radius 1 is 1.04 bits per heavy atom. The monoisotopic (exact) mass is 355 g/mol. The SMILES string of the molecule is Cc1nc(N2CCCN(Cc3ccc(F)cc3)CC2)c2c(C)noc2n1. The van der Waals surface area contributed by atoms with E-state index in [-0.39, 0.29) is 5.82 Å². The van der Waals surface area contributed by atoms with Gasteiger partial charge in [0, 0.05) is 32.7 Å². The predicted molar refractivity (Wildman–Crippen MR) is 97.6 cm³/mol. The summed E-state index contributed by atoms with van der Waals surface area (Å²) in [7, 11) is 0. The Kier molecular flexibility index (Phi) is 4.55. The summed E-state index contributed by atoms with van der Waals surface area (Å²) in [5.74, 6) is 1.41. The predicted octanol–water partition coefficient (Wildman–Crippen LogP) is 3.09. The van der Waals surface area contributed by atoms with Crippen molar-refractivity contribution < 1.29 is 8.91 Å². The van der Waals surface area contributed by atoms with E-state index < -0.39 is 0 Å². The van der Waals surface area contributed by atoms with Gasteiger partial charge in [0.25, 0.3) is 5.71 Å². The Balaban J connectivity index is 1.52. The number of hydrogen-bond acceptors (Lipinski definition) is 6. The molecule has 0 radical (unpaired) electrons. The van der Waals surface area contributed by atoms with Gasteiger partial charge in [-0.3, -0.25) is 4.90 Å². The Hall–Kier alpha value is -2.54. The molecular formula is C19H22FN5O. The van der Waals surface area contributed by atoms with Crippen LogP contribution >= 0.6 is 0 Å². The Morgan fingerprint density at radius 3 is 2.65 bits per heavy atom. The van der Waals surface area contributed by atoms with Crippen molar-refractivity contribution in [3.63, 3.8) is 0 Å². The van der Waals surface area contributed by atoms with E-state index in [0.717, 1.165) is 61.6 Å². The van der Waals surface area contributed by atoms with E-state index in [4.69, 9.17) is 4.52 Å². The fraction of sp³-hybridized carbons (Fsp3) is 0.421. The Labute approximate surface area is 151 Å². The number of rotatable bonds is 3. The first-order valence-electron chi connectivity index (χ1n) is 8.92. The van der Waals surface area contributed by atoms with Gasteiger partial charge in [-0.2, -0.15) is 4.98 Å². The first kappa shape index (κ1) is 16.9. The molecule has 0 unspecified atom stereocenters. The molecule has 1 aromatic carbocycles. The minimum Gasteiger partial charge on any atom is -0.355 e. The molecule has 4 rings (SSSR count). The van der Waals surface area contributed by atoms with E-state index in [1.54, 1.807) is 0 Å². The molecule has 1 aliphatic heterocycles. The number of fused-ring (bicyclic) bond motifs is 1. The van der Waals surface area contributed by atoms with Gasteiger partial charge in [-0.25, -0.2) is 9.37 Å². The molecule has 0 saturated carbocycles. The smallest absolute Gasteiger partial charge is 0.263 e. The molecule has 7 heteroatoms. The topological polar surface area (TPSA) is 58.3 Å². The van der Waals surface area contributed by atoms with Crippen LogP contribution < -0.4 is 4.90 Å². The molecule has 0 atom stereocenters. The first-order chi connectivity index (χ1) is 12.6. The highest BCUT2D eigenvalue weighted by Gasteiger charge is 2.22. The van der Waals surface area contributed by atoms with E-state index in [0.29, 0.717) is 11.5 Å². The summed E-state index contributed by atoms with van der Waals surface area (Å²) < 4.78 is 18.4.